The molecule has 0 atom stereocenters. The largest absolute Gasteiger partial charge is 0.378 e. The molecule has 0 bridgehead atoms. The Kier molecular flexibility index (Phi) is 5.00. The van der Waals surface area contributed by atoms with Gasteiger partial charge in [-0.1, -0.05) is 12.1 Å². The van der Waals surface area contributed by atoms with Gasteiger partial charge in [-0.05, 0) is 54.5 Å². The summed E-state index contributed by atoms with van der Waals surface area (Å²) in [6.45, 7) is 4.38. The molecule has 3 nitrogen and oxygen atoms in total. The zero-order valence-electron chi connectivity index (χ0n) is 10.6. The zero-order valence-corrected chi connectivity index (χ0v) is 12.7. The number of amides is 1. The fraction of sp³-hybridized carbons (Fsp3) is 0.500. The molecule has 4 heteroatoms. The minimum absolute atomic E-state index is 0.148. The smallest absolute Gasteiger partial charge is 0.254 e. The van der Waals surface area contributed by atoms with Crippen molar-refractivity contribution in [2.24, 2.45) is 0 Å². The van der Waals surface area contributed by atoms with Crippen molar-refractivity contribution in [3.8, 4) is 0 Å². The second-order valence-electron chi connectivity index (χ2n) is 4.43. The van der Waals surface area contributed by atoms with Crippen molar-refractivity contribution in [2.45, 2.75) is 25.9 Å². The van der Waals surface area contributed by atoms with E-state index in [-0.39, 0.29) is 5.91 Å². The first-order valence-corrected chi connectivity index (χ1v) is 7.45. The van der Waals surface area contributed by atoms with Crippen molar-refractivity contribution < 1.29 is 9.53 Å². The number of piperidine rings is 1. The van der Waals surface area contributed by atoms with Gasteiger partial charge in [-0.15, -0.1) is 0 Å². The van der Waals surface area contributed by atoms with Crippen molar-refractivity contribution in [1.29, 1.82) is 0 Å². The van der Waals surface area contributed by atoms with Gasteiger partial charge in [0.25, 0.3) is 5.91 Å². The van der Waals surface area contributed by atoms with E-state index in [0.29, 0.717) is 6.10 Å². The number of carbonyl (C=O) groups excluding carboxylic acids is 1. The fourth-order valence-electron chi connectivity index (χ4n) is 2.27. The van der Waals surface area contributed by atoms with E-state index >= 15 is 0 Å². The van der Waals surface area contributed by atoms with Crippen LogP contribution in [0, 0.1) is 3.57 Å². The van der Waals surface area contributed by atoms with Gasteiger partial charge in [-0.25, -0.2) is 0 Å². The third kappa shape index (κ3) is 3.23. The summed E-state index contributed by atoms with van der Waals surface area (Å²) in [6, 6.07) is 7.75. The minimum atomic E-state index is 0.148. The van der Waals surface area contributed by atoms with Crippen molar-refractivity contribution in [1.82, 2.24) is 4.90 Å². The summed E-state index contributed by atoms with van der Waals surface area (Å²) in [4.78, 5) is 14.3. The lowest BCUT2D eigenvalue weighted by Gasteiger charge is -2.32. The summed E-state index contributed by atoms with van der Waals surface area (Å²) in [5, 5.41) is 0. The van der Waals surface area contributed by atoms with Gasteiger partial charge in [-0.3, -0.25) is 4.79 Å². The molecular formula is C14H18INO2. The molecule has 1 aromatic carbocycles. The molecule has 0 saturated carbocycles. The van der Waals surface area contributed by atoms with Gasteiger partial charge in [-0.2, -0.15) is 0 Å². The summed E-state index contributed by atoms with van der Waals surface area (Å²) < 4.78 is 6.62. The molecule has 0 spiro atoms. The lowest BCUT2D eigenvalue weighted by atomic mass is 10.1. The van der Waals surface area contributed by atoms with E-state index in [0.717, 1.165) is 41.7 Å². The van der Waals surface area contributed by atoms with Gasteiger partial charge in [0, 0.05) is 23.3 Å². The van der Waals surface area contributed by atoms with Crippen LogP contribution in [-0.2, 0) is 4.74 Å². The molecule has 1 fully saturated rings. The quantitative estimate of drug-likeness (QED) is 0.777. The second-order valence-corrected chi connectivity index (χ2v) is 5.59. The topological polar surface area (TPSA) is 29.5 Å². The summed E-state index contributed by atoms with van der Waals surface area (Å²) in [7, 11) is 0. The summed E-state index contributed by atoms with van der Waals surface area (Å²) in [5.74, 6) is 0.148. The Hall–Kier alpha value is -0.620. The van der Waals surface area contributed by atoms with Gasteiger partial charge in [0.2, 0.25) is 0 Å². The van der Waals surface area contributed by atoms with Crippen molar-refractivity contribution >= 4 is 28.5 Å². The molecule has 1 heterocycles. The average Bonchev–Trinajstić information content (AvgIpc) is 2.40. The van der Waals surface area contributed by atoms with E-state index in [1.807, 2.05) is 36.1 Å². The first-order chi connectivity index (χ1) is 8.72. The molecule has 0 aromatic heterocycles. The van der Waals surface area contributed by atoms with Gasteiger partial charge >= 0.3 is 0 Å². The van der Waals surface area contributed by atoms with Crippen molar-refractivity contribution in [2.75, 3.05) is 19.7 Å². The van der Waals surface area contributed by atoms with Crippen LogP contribution in [0.3, 0.4) is 0 Å². The first kappa shape index (κ1) is 13.8. The Balaban J connectivity index is 1.98. The SMILES string of the molecule is CCOC1CCN(C(=O)c2ccccc2I)CC1. The van der Waals surface area contributed by atoms with Gasteiger partial charge in [0.1, 0.15) is 0 Å². The Bertz CT molecular complexity index is 414. The molecule has 0 radical (unpaired) electrons. The monoisotopic (exact) mass is 359 g/mol. The maximum absolute atomic E-state index is 12.4. The average molecular weight is 359 g/mol. The third-order valence-electron chi connectivity index (χ3n) is 3.24. The highest BCUT2D eigenvalue weighted by Gasteiger charge is 2.24. The molecule has 0 aliphatic carbocycles. The molecule has 1 saturated heterocycles. The molecule has 98 valence electrons. The lowest BCUT2D eigenvalue weighted by molar-refractivity contribution is 0.0145. The van der Waals surface area contributed by atoms with Crippen LogP contribution in [0.4, 0.5) is 0 Å². The highest BCUT2D eigenvalue weighted by atomic mass is 127. The molecule has 0 unspecified atom stereocenters. The third-order valence-corrected chi connectivity index (χ3v) is 4.18. The molecule has 0 N–H and O–H groups in total. The molecule has 1 amide bonds. The van der Waals surface area contributed by atoms with E-state index in [1.54, 1.807) is 0 Å². The van der Waals surface area contributed by atoms with Crippen LogP contribution < -0.4 is 0 Å². The summed E-state index contributed by atoms with van der Waals surface area (Å²) in [5.41, 5.74) is 0.813. The minimum Gasteiger partial charge on any atom is -0.378 e. The van der Waals surface area contributed by atoms with Crippen LogP contribution in [0.15, 0.2) is 24.3 Å². The fourth-order valence-corrected chi connectivity index (χ4v) is 2.88. The van der Waals surface area contributed by atoms with Gasteiger partial charge < -0.3 is 9.64 Å². The maximum atomic E-state index is 12.4. The number of ether oxygens (including phenoxy) is 1. The predicted octanol–water partition coefficient (Wildman–Crippen LogP) is 2.93. The standard InChI is InChI=1S/C14H18INO2/c1-2-18-11-7-9-16(10-8-11)14(17)12-5-3-4-6-13(12)15/h3-6,11H,2,7-10H2,1H3. The molecular weight excluding hydrogens is 341 g/mol. The predicted molar refractivity (Wildman–Crippen MR) is 79.7 cm³/mol. The Morgan fingerprint density at radius 3 is 2.67 bits per heavy atom. The first-order valence-electron chi connectivity index (χ1n) is 6.37. The van der Waals surface area contributed by atoms with Gasteiger partial charge in [0.15, 0.2) is 0 Å². The number of hydrogen-bond donors (Lipinski definition) is 0. The Morgan fingerprint density at radius 1 is 1.39 bits per heavy atom. The number of nitrogens with zero attached hydrogens (tertiary/aromatic N) is 1. The Morgan fingerprint density at radius 2 is 2.06 bits per heavy atom. The van der Waals surface area contributed by atoms with Crippen LogP contribution in [0.1, 0.15) is 30.1 Å². The summed E-state index contributed by atoms with van der Waals surface area (Å²) in [6.07, 6.45) is 2.22. The van der Waals surface area contributed by atoms with Crippen LogP contribution in [-0.4, -0.2) is 36.6 Å². The molecule has 1 aliphatic heterocycles. The van der Waals surface area contributed by atoms with Crippen molar-refractivity contribution in [3.63, 3.8) is 0 Å². The normalized spacial score (nSPS) is 16.9. The molecule has 1 aromatic rings. The number of rotatable bonds is 3. The summed E-state index contributed by atoms with van der Waals surface area (Å²) >= 11 is 2.22. The van der Waals surface area contributed by atoms with E-state index in [1.165, 1.54) is 0 Å². The van der Waals surface area contributed by atoms with Crippen LogP contribution in [0.2, 0.25) is 0 Å². The Labute approximate surface area is 122 Å². The zero-order chi connectivity index (χ0) is 13.0. The molecule has 1 aliphatic rings. The highest BCUT2D eigenvalue weighted by molar-refractivity contribution is 14.1. The number of halogens is 1. The van der Waals surface area contributed by atoms with Crippen LogP contribution >= 0.6 is 22.6 Å². The van der Waals surface area contributed by atoms with Crippen LogP contribution in [0.5, 0.6) is 0 Å². The van der Waals surface area contributed by atoms with E-state index < -0.39 is 0 Å². The second kappa shape index (κ2) is 6.52. The number of benzene rings is 1. The maximum Gasteiger partial charge on any atom is 0.254 e. The molecule has 2 rings (SSSR count). The van der Waals surface area contributed by atoms with Gasteiger partial charge in [0.05, 0.1) is 11.7 Å². The van der Waals surface area contributed by atoms with E-state index in [9.17, 15) is 4.79 Å². The molecule has 18 heavy (non-hydrogen) atoms. The number of likely N-dealkylation sites (tertiary alicyclic amines) is 1. The highest BCUT2D eigenvalue weighted by Crippen LogP contribution is 2.19. The van der Waals surface area contributed by atoms with E-state index in [4.69, 9.17) is 4.74 Å². The number of hydrogen-bond acceptors (Lipinski definition) is 2. The lowest BCUT2D eigenvalue weighted by Crippen LogP contribution is -2.41. The number of carbonyl (C=O) groups is 1. The van der Waals surface area contributed by atoms with E-state index in [2.05, 4.69) is 22.6 Å². The van der Waals surface area contributed by atoms with Crippen molar-refractivity contribution in [3.05, 3.63) is 33.4 Å². The van der Waals surface area contributed by atoms with Crippen LogP contribution in [0.25, 0.3) is 0 Å².